The van der Waals surface area contributed by atoms with E-state index in [1.54, 1.807) is 0 Å². The van der Waals surface area contributed by atoms with E-state index in [-0.39, 0.29) is 0 Å². The number of thiophene rings is 2. The number of fused-ring (bicyclic) bond motifs is 7. The van der Waals surface area contributed by atoms with Crippen molar-refractivity contribution in [1.82, 2.24) is 0 Å². The quantitative estimate of drug-likeness (QED) is 0.154. The Morgan fingerprint density at radius 2 is 0.945 bits per heavy atom. The van der Waals surface area contributed by atoms with E-state index in [0.717, 1.165) is 0 Å². The van der Waals surface area contributed by atoms with Crippen molar-refractivity contribution in [3.63, 3.8) is 0 Å². The summed E-state index contributed by atoms with van der Waals surface area (Å²) in [6.45, 7) is 6.59. The maximum absolute atomic E-state index is 4.30. The first-order valence-electron chi connectivity index (χ1n) is 18.8. The molecule has 0 aliphatic carbocycles. The van der Waals surface area contributed by atoms with Crippen LogP contribution in [0.3, 0.4) is 0 Å². The molecule has 11 aromatic rings. The van der Waals surface area contributed by atoms with Gasteiger partial charge in [-0.2, -0.15) is 0 Å². The zero-order valence-corrected chi connectivity index (χ0v) is 31.9. The van der Waals surface area contributed by atoms with E-state index < -0.39 is 0 Å². The van der Waals surface area contributed by atoms with Crippen LogP contribution in [-0.4, -0.2) is 0 Å². The van der Waals surface area contributed by atoms with Crippen molar-refractivity contribution in [3.8, 4) is 44.5 Å². The Labute approximate surface area is 327 Å². The van der Waals surface area contributed by atoms with Crippen LogP contribution in [0.4, 0.5) is 0 Å². The molecule has 11 rings (SSSR count). The van der Waals surface area contributed by atoms with E-state index in [4.69, 9.17) is 0 Å². The fourth-order valence-corrected chi connectivity index (χ4v) is 11.3. The second-order valence-electron chi connectivity index (χ2n) is 14.4. The van der Waals surface area contributed by atoms with Crippen LogP contribution < -0.4 is 0 Å². The summed E-state index contributed by atoms with van der Waals surface area (Å²) in [7, 11) is 0. The number of aryl methyl sites for hydroxylation is 1. The Morgan fingerprint density at radius 3 is 1.64 bits per heavy atom. The lowest BCUT2D eigenvalue weighted by Gasteiger charge is -2.19. The number of rotatable bonds is 5. The lowest BCUT2D eigenvalue weighted by Crippen LogP contribution is -1.92. The van der Waals surface area contributed by atoms with Crippen molar-refractivity contribution in [2.45, 2.75) is 6.92 Å². The fourth-order valence-electron chi connectivity index (χ4n) is 9.07. The van der Waals surface area contributed by atoms with Gasteiger partial charge in [0, 0.05) is 40.7 Å². The Balaban J connectivity index is 1.14. The molecule has 2 aromatic heterocycles. The second-order valence-corrected chi connectivity index (χ2v) is 16.5. The first-order valence-corrected chi connectivity index (χ1v) is 20.4. The zero-order valence-electron chi connectivity index (χ0n) is 30.3. The van der Waals surface area contributed by atoms with Gasteiger partial charge in [-0.3, -0.25) is 0 Å². The minimum absolute atomic E-state index is 1.21. The largest absolute Gasteiger partial charge is 0.135 e. The second kappa shape index (κ2) is 12.6. The topological polar surface area (TPSA) is 0 Å². The van der Waals surface area contributed by atoms with Crippen molar-refractivity contribution >= 4 is 91.3 Å². The zero-order chi connectivity index (χ0) is 36.6. The highest BCUT2D eigenvalue weighted by atomic mass is 32.1. The van der Waals surface area contributed by atoms with Crippen molar-refractivity contribution in [2.24, 2.45) is 0 Å². The molecule has 55 heavy (non-hydrogen) atoms. The van der Waals surface area contributed by atoms with E-state index >= 15 is 0 Å². The molecule has 0 fully saturated rings. The molecule has 0 atom stereocenters. The molecular weight excluding hydrogens is 701 g/mol. The van der Waals surface area contributed by atoms with Crippen molar-refractivity contribution < 1.29 is 0 Å². The molecule has 0 nitrogen and oxygen atoms in total. The highest BCUT2D eigenvalue weighted by Crippen LogP contribution is 2.49. The maximum Gasteiger partial charge on any atom is 0.0361 e. The van der Waals surface area contributed by atoms with Gasteiger partial charge in [0.2, 0.25) is 0 Å². The smallest absolute Gasteiger partial charge is 0.0361 e. The lowest BCUT2D eigenvalue weighted by atomic mass is 9.83. The molecule has 2 heteroatoms. The van der Waals surface area contributed by atoms with Gasteiger partial charge in [0.25, 0.3) is 0 Å². The summed E-state index contributed by atoms with van der Waals surface area (Å²) in [5, 5.41) is 11.6. The first-order chi connectivity index (χ1) is 27.2. The summed E-state index contributed by atoms with van der Waals surface area (Å²) in [6, 6.07) is 62.8. The average Bonchev–Trinajstić information content (AvgIpc) is 3.81. The van der Waals surface area contributed by atoms with Crippen LogP contribution in [-0.2, 0) is 0 Å². The molecule has 0 aliphatic heterocycles. The van der Waals surface area contributed by atoms with Crippen molar-refractivity contribution in [1.29, 1.82) is 0 Å². The SMILES string of the molecule is C=Cc1sc2cc(-c3c4ccccc4c(-c4ccc(-c5ccccc5)c5ccccc45)c4ccccc34)ccc2c1-c1ccc2sc3ccccc3c2c1C. The lowest BCUT2D eigenvalue weighted by molar-refractivity contribution is 1.54. The molecule has 0 spiro atoms. The van der Waals surface area contributed by atoms with Crippen LogP contribution in [0.1, 0.15) is 10.4 Å². The predicted octanol–water partition coefficient (Wildman–Crippen LogP) is 16.3. The van der Waals surface area contributed by atoms with E-state index in [2.05, 4.69) is 183 Å². The monoisotopic (exact) mass is 734 g/mol. The number of benzene rings is 9. The minimum Gasteiger partial charge on any atom is -0.135 e. The van der Waals surface area contributed by atoms with Crippen LogP contribution >= 0.6 is 22.7 Å². The number of hydrogen-bond donors (Lipinski definition) is 0. The van der Waals surface area contributed by atoms with Crippen LogP contribution in [0.15, 0.2) is 176 Å². The van der Waals surface area contributed by atoms with Gasteiger partial charge >= 0.3 is 0 Å². The van der Waals surface area contributed by atoms with E-state index in [1.807, 2.05) is 28.7 Å². The summed E-state index contributed by atoms with van der Waals surface area (Å²) >= 11 is 3.72. The fraction of sp³-hybridized carbons (Fsp3) is 0.0189. The van der Waals surface area contributed by atoms with Gasteiger partial charge in [0.1, 0.15) is 0 Å². The van der Waals surface area contributed by atoms with E-state index in [0.29, 0.717) is 0 Å². The number of hydrogen-bond acceptors (Lipinski definition) is 2. The maximum atomic E-state index is 4.30. The third-order valence-electron chi connectivity index (χ3n) is 11.5. The Bertz CT molecular complexity index is 3280. The van der Waals surface area contributed by atoms with Gasteiger partial charge < -0.3 is 0 Å². The molecular formula is C53H34S2. The van der Waals surface area contributed by atoms with E-state index in [1.165, 1.54) is 118 Å². The van der Waals surface area contributed by atoms with Crippen molar-refractivity contribution in [3.05, 3.63) is 187 Å². The molecule has 0 aliphatic rings. The van der Waals surface area contributed by atoms with Gasteiger partial charge in [-0.05, 0) is 102 Å². The molecule has 0 amide bonds. The molecule has 258 valence electrons. The van der Waals surface area contributed by atoms with Gasteiger partial charge in [-0.25, -0.2) is 0 Å². The van der Waals surface area contributed by atoms with Gasteiger partial charge in [-0.15, -0.1) is 22.7 Å². The van der Waals surface area contributed by atoms with Crippen LogP contribution in [0.2, 0.25) is 0 Å². The molecule has 0 unspecified atom stereocenters. The average molecular weight is 735 g/mol. The summed E-state index contributed by atoms with van der Waals surface area (Å²) < 4.78 is 3.95. The van der Waals surface area contributed by atoms with Crippen LogP contribution in [0.5, 0.6) is 0 Å². The minimum atomic E-state index is 1.21. The molecule has 2 heterocycles. The summed E-state index contributed by atoms with van der Waals surface area (Å²) in [5.41, 5.74) is 11.4. The van der Waals surface area contributed by atoms with Crippen LogP contribution in [0, 0.1) is 6.92 Å². The molecule has 0 saturated carbocycles. The highest BCUT2D eigenvalue weighted by molar-refractivity contribution is 7.25. The normalized spacial score (nSPS) is 11.8. The first kappa shape index (κ1) is 32.1. The Morgan fingerprint density at radius 1 is 0.382 bits per heavy atom. The molecule has 0 bridgehead atoms. The standard InChI is InChI=1S/C53H34S2/c1-3-46-53(35-29-30-48-50(32(35)2)44-23-13-14-24-47(44)55-48)45-26-25-34(31-49(45)54-46)51-39-19-9-11-21-41(39)52(42-22-12-10-20-40(42)51)43-28-27-36(33-15-5-4-6-16-33)37-17-7-8-18-38(37)43/h3-31H,1H2,2H3. The summed E-state index contributed by atoms with van der Waals surface area (Å²) in [5.74, 6) is 0. The van der Waals surface area contributed by atoms with Crippen molar-refractivity contribution in [2.75, 3.05) is 0 Å². The molecule has 0 N–H and O–H groups in total. The summed E-state index contributed by atoms with van der Waals surface area (Å²) in [4.78, 5) is 1.21. The highest BCUT2D eigenvalue weighted by Gasteiger charge is 2.21. The van der Waals surface area contributed by atoms with E-state index in [9.17, 15) is 0 Å². The molecule has 0 saturated heterocycles. The molecule has 0 radical (unpaired) electrons. The van der Waals surface area contributed by atoms with Gasteiger partial charge in [0.15, 0.2) is 0 Å². The predicted molar refractivity (Wildman–Crippen MR) is 244 cm³/mol. The third kappa shape index (κ3) is 4.89. The third-order valence-corrected chi connectivity index (χ3v) is 13.8. The van der Waals surface area contributed by atoms with Gasteiger partial charge in [0.05, 0.1) is 0 Å². The van der Waals surface area contributed by atoms with Crippen LogP contribution in [0.25, 0.3) is 113 Å². The Kier molecular flexibility index (Phi) is 7.38. The van der Waals surface area contributed by atoms with Gasteiger partial charge in [-0.1, -0.05) is 164 Å². The molecule has 9 aromatic carbocycles. The Hall–Kier alpha value is -6.32. The summed E-state index contributed by atoms with van der Waals surface area (Å²) in [6.07, 6.45) is 2.04.